The van der Waals surface area contributed by atoms with Gasteiger partial charge in [0.2, 0.25) is 0 Å². The summed E-state index contributed by atoms with van der Waals surface area (Å²) in [5.74, 6) is 0. The molecule has 0 saturated heterocycles. The number of hydrogen-bond acceptors (Lipinski definition) is 3. The molecule has 0 saturated carbocycles. The van der Waals surface area contributed by atoms with Crippen LogP contribution in [0.3, 0.4) is 0 Å². The summed E-state index contributed by atoms with van der Waals surface area (Å²) in [5.41, 5.74) is 19.6. The van der Waals surface area contributed by atoms with E-state index in [1.807, 2.05) is 11.3 Å². The zero-order chi connectivity index (χ0) is 40.5. The summed E-state index contributed by atoms with van der Waals surface area (Å²) in [6.45, 7) is 0. The van der Waals surface area contributed by atoms with Crippen molar-refractivity contribution in [2.75, 3.05) is 0 Å². The van der Waals surface area contributed by atoms with Crippen LogP contribution in [-0.4, -0.2) is 9.97 Å². The number of thiophene rings is 1. The van der Waals surface area contributed by atoms with Crippen molar-refractivity contribution < 1.29 is 0 Å². The number of benzene rings is 10. The first-order valence-electron chi connectivity index (χ1n) is 21.3. The van der Waals surface area contributed by atoms with Crippen molar-refractivity contribution in [2.24, 2.45) is 0 Å². The van der Waals surface area contributed by atoms with Crippen LogP contribution in [-0.2, 0) is 5.41 Å². The van der Waals surface area contributed by atoms with E-state index in [1.54, 1.807) is 12.4 Å². The number of aromatic nitrogens is 2. The van der Waals surface area contributed by atoms with Gasteiger partial charge in [-0.1, -0.05) is 152 Å². The Morgan fingerprint density at radius 3 is 1.32 bits per heavy atom. The van der Waals surface area contributed by atoms with Crippen LogP contribution in [0.5, 0.6) is 0 Å². The van der Waals surface area contributed by atoms with Crippen molar-refractivity contribution in [2.45, 2.75) is 5.41 Å². The van der Waals surface area contributed by atoms with Crippen LogP contribution in [0.2, 0.25) is 0 Å². The third-order valence-electron chi connectivity index (χ3n) is 13.8. The summed E-state index contributed by atoms with van der Waals surface area (Å²) in [4.78, 5) is 9.50. The fraction of sp³-hybridized carbons (Fsp3) is 0.0169. The molecule has 2 aliphatic rings. The molecule has 10 aromatic carbocycles. The van der Waals surface area contributed by atoms with Gasteiger partial charge in [-0.25, -0.2) is 0 Å². The molecule has 2 aromatic heterocycles. The topological polar surface area (TPSA) is 25.8 Å². The fourth-order valence-electron chi connectivity index (χ4n) is 11.1. The molecule has 0 fully saturated rings. The molecule has 62 heavy (non-hydrogen) atoms. The second-order valence-electron chi connectivity index (χ2n) is 16.8. The number of nitrogens with zero attached hydrogens (tertiary/aromatic N) is 2. The number of hydrogen-bond donors (Lipinski definition) is 0. The smallest absolute Gasteiger partial charge is 0.0971 e. The Hall–Kier alpha value is -7.72. The van der Waals surface area contributed by atoms with Crippen LogP contribution in [0.4, 0.5) is 0 Å². The zero-order valence-electron chi connectivity index (χ0n) is 33.4. The SMILES string of the molecule is c1cc(-c2ccc3sc4ccc(-c5ccc6c(c5)C5(c7ccccc7-c7ccccc75)c5ccccc5-6)cc4c3c2)cc(-c2ccc3c(c2)c2ccccc2c2nccnc32)c1. The van der Waals surface area contributed by atoms with Gasteiger partial charge in [-0.05, 0) is 131 Å². The minimum Gasteiger partial charge on any atom is -0.252 e. The molecule has 0 radical (unpaired) electrons. The largest absolute Gasteiger partial charge is 0.252 e. The summed E-state index contributed by atoms with van der Waals surface area (Å²) >= 11 is 1.87. The van der Waals surface area contributed by atoms with Crippen molar-refractivity contribution in [3.63, 3.8) is 0 Å². The standard InChI is InChI=1S/C59H34N2S/c1-2-16-46-41(12-1)48-31-37(21-25-47(48)58-57(46)60-28-29-61-58)35-10-9-11-36(30-35)38-22-26-55-49(32-38)50-33-39(23-27-56(50)62-55)40-20-24-45-44-15-5-8-19-53(44)59(54(45)34-40)51-17-6-3-13-42(51)43-14-4-7-18-52(43)59/h1-34H. The van der Waals surface area contributed by atoms with E-state index in [2.05, 4.69) is 194 Å². The maximum atomic E-state index is 4.77. The summed E-state index contributed by atoms with van der Waals surface area (Å²) < 4.78 is 2.61. The highest BCUT2D eigenvalue weighted by Gasteiger charge is 2.51. The summed E-state index contributed by atoms with van der Waals surface area (Å²) in [6, 6.07) is 72.7. The monoisotopic (exact) mass is 802 g/mol. The molecule has 0 unspecified atom stereocenters. The Balaban J connectivity index is 0.884. The molecule has 0 aliphatic heterocycles. The highest BCUT2D eigenvalue weighted by Crippen LogP contribution is 2.63. The molecule has 3 heteroatoms. The highest BCUT2D eigenvalue weighted by molar-refractivity contribution is 7.25. The van der Waals surface area contributed by atoms with E-state index in [0.29, 0.717) is 0 Å². The maximum Gasteiger partial charge on any atom is 0.0971 e. The lowest BCUT2D eigenvalue weighted by Crippen LogP contribution is -2.25. The second-order valence-corrected chi connectivity index (χ2v) is 17.9. The van der Waals surface area contributed by atoms with Crippen molar-refractivity contribution in [1.29, 1.82) is 0 Å². The number of fused-ring (bicyclic) bond motifs is 19. The maximum absolute atomic E-state index is 4.77. The Labute approximate surface area is 362 Å². The molecule has 2 aliphatic carbocycles. The molecule has 0 amide bonds. The molecule has 0 N–H and O–H groups in total. The lowest BCUT2D eigenvalue weighted by atomic mass is 9.70. The van der Waals surface area contributed by atoms with E-state index in [0.717, 1.165) is 21.8 Å². The van der Waals surface area contributed by atoms with E-state index >= 15 is 0 Å². The molecule has 2 nitrogen and oxygen atoms in total. The minimum atomic E-state index is -0.360. The average Bonchev–Trinajstić information content (AvgIpc) is 3.97. The van der Waals surface area contributed by atoms with Gasteiger partial charge < -0.3 is 0 Å². The van der Waals surface area contributed by atoms with Gasteiger partial charge in [0.25, 0.3) is 0 Å². The van der Waals surface area contributed by atoms with E-state index < -0.39 is 0 Å². The van der Waals surface area contributed by atoms with Crippen LogP contribution in [0.25, 0.3) is 108 Å². The third kappa shape index (κ3) is 4.58. The van der Waals surface area contributed by atoms with Gasteiger partial charge in [0.05, 0.1) is 16.4 Å². The Morgan fingerprint density at radius 2 is 0.726 bits per heavy atom. The van der Waals surface area contributed by atoms with Crippen LogP contribution in [0.1, 0.15) is 22.3 Å². The normalized spacial score (nSPS) is 13.3. The first-order chi connectivity index (χ1) is 30.7. The van der Waals surface area contributed by atoms with E-state index in [4.69, 9.17) is 9.97 Å². The van der Waals surface area contributed by atoms with Crippen molar-refractivity contribution >= 4 is 64.1 Å². The van der Waals surface area contributed by atoms with Crippen molar-refractivity contribution in [3.05, 3.63) is 229 Å². The molecular formula is C59H34N2S. The first kappa shape index (κ1) is 34.0. The molecule has 0 bridgehead atoms. The lowest BCUT2D eigenvalue weighted by Gasteiger charge is -2.30. The summed E-state index contributed by atoms with van der Waals surface area (Å²) in [6.07, 6.45) is 3.57. The minimum absolute atomic E-state index is 0.360. The van der Waals surface area contributed by atoms with E-state index in [9.17, 15) is 0 Å². The van der Waals surface area contributed by atoms with Gasteiger partial charge in [0, 0.05) is 43.3 Å². The van der Waals surface area contributed by atoms with Gasteiger partial charge in [-0.15, -0.1) is 11.3 Å². The Morgan fingerprint density at radius 1 is 0.290 bits per heavy atom. The van der Waals surface area contributed by atoms with Crippen molar-refractivity contribution in [3.8, 4) is 55.6 Å². The quantitative estimate of drug-likeness (QED) is 0.166. The molecule has 12 aromatic rings. The Bertz CT molecular complexity index is 3790. The highest BCUT2D eigenvalue weighted by atomic mass is 32.1. The molecule has 1 spiro atoms. The third-order valence-corrected chi connectivity index (χ3v) is 14.9. The predicted molar refractivity (Wildman–Crippen MR) is 260 cm³/mol. The second kappa shape index (κ2) is 12.7. The van der Waals surface area contributed by atoms with Crippen LogP contribution in [0, 0.1) is 0 Å². The molecular weight excluding hydrogens is 769 g/mol. The number of rotatable bonds is 3. The summed E-state index contributed by atoms with van der Waals surface area (Å²) in [5, 5.41) is 7.24. The summed E-state index contributed by atoms with van der Waals surface area (Å²) in [7, 11) is 0. The predicted octanol–water partition coefficient (Wildman–Crippen LogP) is 15.6. The van der Waals surface area contributed by atoms with Gasteiger partial charge in [0.1, 0.15) is 0 Å². The van der Waals surface area contributed by atoms with Gasteiger partial charge >= 0.3 is 0 Å². The lowest BCUT2D eigenvalue weighted by molar-refractivity contribution is 0.794. The molecule has 286 valence electrons. The molecule has 2 heterocycles. The molecule has 0 atom stereocenters. The van der Waals surface area contributed by atoms with Gasteiger partial charge in [-0.3, -0.25) is 9.97 Å². The van der Waals surface area contributed by atoms with E-state index in [-0.39, 0.29) is 5.41 Å². The van der Waals surface area contributed by atoms with Gasteiger partial charge in [-0.2, -0.15) is 0 Å². The fourth-order valence-corrected chi connectivity index (χ4v) is 12.2. The van der Waals surface area contributed by atoms with Crippen LogP contribution >= 0.6 is 11.3 Å². The van der Waals surface area contributed by atoms with Crippen LogP contribution in [0.15, 0.2) is 207 Å². The van der Waals surface area contributed by atoms with Crippen molar-refractivity contribution in [1.82, 2.24) is 9.97 Å². The van der Waals surface area contributed by atoms with Gasteiger partial charge in [0.15, 0.2) is 0 Å². The Kier molecular flexibility index (Phi) is 6.95. The average molecular weight is 803 g/mol. The molecule has 14 rings (SSSR count). The first-order valence-corrected chi connectivity index (χ1v) is 22.1. The van der Waals surface area contributed by atoms with Crippen LogP contribution < -0.4 is 0 Å². The zero-order valence-corrected chi connectivity index (χ0v) is 34.2. The van der Waals surface area contributed by atoms with E-state index in [1.165, 1.54) is 109 Å².